The van der Waals surface area contributed by atoms with Gasteiger partial charge in [-0.1, -0.05) is 11.6 Å². The SMILES string of the molecule is COc1cc(CC(=O)N(C)c2cc(Cl)ncn2)cc(OC)c1. The Labute approximate surface area is 133 Å². The number of hydrogen-bond acceptors (Lipinski definition) is 5. The van der Waals surface area contributed by atoms with E-state index in [0.717, 1.165) is 5.56 Å². The van der Waals surface area contributed by atoms with Crippen molar-refractivity contribution in [3.05, 3.63) is 41.3 Å². The fourth-order valence-electron chi connectivity index (χ4n) is 1.90. The fraction of sp³-hybridized carbons (Fsp3) is 0.267. The largest absolute Gasteiger partial charge is 0.497 e. The first-order chi connectivity index (χ1) is 10.5. The molecule has 0 fully saturated rings. The highest BCUT2D eigenvalue weighted by atomic mass is 35.5. The van der Waals surface area contributed by atoms with Gasteiger partial charge in [-0.05, 0) is 17.7 Å². The standard InChI is InChI=1S/C15H16ClN3O3/c1-19(14-8-13(16)17-9-18-14)15(20)6-10-4-11(21-2)7-12(5-10)22-3/h4-5,7-9H,6H2,1-3H3. The van der Waals surface area contributed by atoms with Gasteiger partial charge in [-0.25, -0.2) is 9.97 Å². The second kappa shape index (κ2) is 7.09. The quantitative estimate of drug-likeness (QED) is 0.791. The predicted octanol–water partition coefficient (Wildman–Crippen LogP) is 2.35. The molecule has 0 aliphatic carbocycles. The van der Waals surface area contributed by atoms with Gasteiger partial charge >= 0.3 is 0 Å². The number of ether oxygens (including phenoxy) is 2. The van der Waals surface area contributed by atoms with Crippen molar-refractivity contribution in [3.8, 4) is 11.5 Å². The van der Waals surface area contributed by atoms with Crippen molar-refractivity contribution in [1.82, 2.24) is 9.97 Å². The highest BCUT2D eigenvalue weighted by Crippen LogP contribution is 2.23. The van der Waals surface area contributed by atoms with Crippen molar-refractivity contribution in [3.63, 3.8) is 0 Å². The Balaban J connectivity index is 2.17. The second-order valence-corrected chi connectivity index (χ2v) is 4.94. The molecule has 116 valence electrons. The van der Waals surface area contributed by atoms with Crippen molar-refractivity contribution in [2.45, 2.75) is 6.42 Å². The van der Waals surface area contributed by atoms with Crippen molar-refractivity contribution < 1.29 is 14.3 Å². The molecule has 2 rings (SSSR count). The predicted molar refractivity (Wildman–Crippen MR) is 83.7 cm³/mol. The summed E-state index contributed by atoms with van der Waals surface area (Å²) in [5.41, 5.74) is 0.785. The topological polar surface area (TPSA) is 64.5 Å². The smallest absolute Gasteiger partial charge is 0.232 e. The molecule has 0 spiro atoms. The van der Waals surface area contributed by atoms with Crippen LogP contribution in [0.1, 0.15) is 5.56 Å². The molecule has 6 nitrogen and oxygen atoms in total. The normalized spacial score (nSPS) is 10.2. The van der Waals surface area contributed by atoms with Gasteiger partial charge in [0.25, 0.3) is 0 Å². The van der Waals surface area contributed by atoms with Crippen molar-refractivity contribution in [2.24, 2.45) is 0 Å². The molecule has 0 aliphatic heterocycles. The number of nitrogens with zero attached hydrogens (tertiary/aromatic N) is 3. The molecule has 1 aromatic heterocycles. The van der Waals surface area contributed by atoms with Crippen LogP contribution in [0.3, 0.4) is 0 Å². The van der Waals surface area contributed by atoms with Crippen LogP contribution in [0.5, 0.6) is 11.5 Å². The van der Waals surface area contributed by atoms with Crippen LogP contribution in [0.4, 0.5) is 5.82 Å². The van der Waals surface area contributed by atoms with E-state index in [9.17, 15) is 4.79 Å². The maximum atomic E-state index is 12.4. The van der Waals surface area contributed by atoms with Gasteiger partial charge in [-0.2, -0.15) is 0 Å². The zero-order valence-electron chi connectivity index (χ0n) is 12.5. The van der Waals surface area contributed by atoms with Gasteiger partial charge in [0.2, 0.25) is 5.91 Å². The number of likely N-dealkylation sites (N-methyl/N-ethyl adjacent to an activating group) is 1. The number of benzene rings is 1. The van der Waals surface area contributed by atoms with E-state index in [1.54, 1.807) is 39.5 Å². The lowest BCUT2D eigenvalue weighted by Crippen LogP contribution is -2.28. The third-order valence-corrected chi connectivity index (χ3v) is 3.31. The number of methoxy groups -OCH3 is 2. The van der Waals surface area contributed by atoms with Gasteiger partial charge in [0.1, 0.15) is 28.8 Å². The van der Waals surface area contributed by atoms with Crippen LogP contribution in [-0.4, -0.2) is 37.1 Å². The van der Waals surface area contributed by atoms with Gasteiger partial charge in [0, 0.05) is 19.2 Å². The number of anilines is 1. The molecule has 7 heteroatoms. The second-order valence-electron chi connectivity index (χ2n) is 4.55. The summed E-state index contributed by atoms with van der Waals surface area (Å²) in [7, 11) is 4.77. The summed E-state index contributed by atoms with van der Waals surface area (Å²) in [5, 5.41) is 0.285. The Hall–Kier alpha value is -2.34. The van der Waals surface area contributed by atoms with Crippen molar-refractivity contribution in [2.75, 3.05) is 26.2 Å². The van der Waals surface area contributed by atoms with Gasteiger partial charge in [-0.15, -0.1) is 0 Å². The first kappa shape index (κ1) is 16.0. The number of hydrogen-bond donors (Lipinski definition) is 0. The summed E-state index contributed by atoms with van der Waals surface area (Å²) in [6, 6.07) is 6.87. The van der Waals surface area contributed by atoms with E-state index in [0.29, 0.717) is 17.3 Å². The maximum absolute atomic E-state index is 12.4. The van der Waals surface area contributed by atoms with E-state index >= 15 is 0 Å². The minimum atomic E-state index is -0.134. The van der Waals surface area contributed by atoms with Crippen molar-refractivity contribution in [1.29, 1.82) is 0 Å². The highest BCUT2D eigenvalue weighted by Gasteiger charge is 2.14. The third-order valence-electron chi connectivity index (χ3n) is 3.10. The Morgan fingerprint density at radius 1 is 1.14 bits per heavy atom. The van der Waals surface area contributed by atoms with Crippen LogP contribution in [0.2, 0.25) is 5.15 Å². The molecule has 0 radical (unpaired) electrons. The molecule has 0 bridgehead atoms. The molecular formula is C15H16ClN3O3. The number of carbonyl (C=O) groups is 1. The monoisotopic (exact) mass is 321 g/mol. The summed E-state index contributed by atoms with van der Waals surface area (Å²) in [5.74, 6) is 1.58. The zero-order chi connectivity index (χ0) is 16.1. The highest BCUT2D eigenvalue weighted by molar-refractivity contribution is 6.29. The lowest BCUT2D eigenvalue weighted by atomic mass is 10.1. The Morgan fingerprint density at radius 3 is 2.32 bits per heavy atom. The van der Waals surface area contributed by atoms with E-state index in [4.69, 9.17) is 21.1 Å². The Morgan fingerprint density at radius 2 is 1.77 bits per heavy atom. The van der Waals surface area contributed by atoms with Gasteiger partial charge in [-0.3, -0.25) is 9.69 Å². The first-order valence-corrected chi connectivity index (χ1v) is 6.87. The molecule has 0 saturated heterocycles. The molecule has 0 N–H and O–H groups in total. The van der Waals surface area contributed by atoms with Gasteiger partial charge < -0.3 is 9.47 Å². The number of carbonyl (C=O) groups excluding carboxylic acids is 1. The minimum Gasteiger partial charge on any atom is -0.497 e. The average Bonchev–Trinajstić information content (AvgIpc) is 2.53. The van der Waals surface area contributed by atoms with E-state index in [-0.39, 0.29) is 17.5 Å². The molecule has 2 aromatic rings. The summed E-state index contributed by atoms with van der Waals surface area (Å²) < 4.78 is 10.4. The average molecular weight is 322 g/mol. The van der Waals surface area contributed by atoms with Crippen LogP contribution in [0, 0.1) is 0 Å². The Kier molecular flexibility index (Phi) is 5.16. The zero-order valence-corrected chi connectivity index (χ0v) is 13.3. The minimum absolute atomic E-state index is 0.134. The summed E-state index contributed by atoms with van der Waals surface area (Å²) in [4.78, 5) is 21.6. The van der Waals surface area contributed by atoms with Crippen LogP contribution in [0.25, 0.3) is 0 Å². The van der Waals surface area contributed by atoms with E-state index in [1.807, 2.05) is 0 Å². The van der Waals surface area contributed by atoms with Crippen molar-refractivity contribution >= 4 is 23.3 Å². The lowest BCUT2D eigenvalue weighted by molar-refractivity contribution is -0.117. The number of aromatic nitrogens is 2. The summed E-state index contributed by atoms with van der Waals surface area (Å²) >= 11 is 5.81. The first-order valence-electron chi connectivity index (χ1n) is 6.49. The summed E-state index contributed by atoms with van der Waals surface area (Å²) in [6.45, 7) is 0. The van der Waals surface area contributed by atoms with Crippen LogP contribution < -0.4 is 14.4 Å². The molecule has 22 heavy (non-hydrogen) atoms. The molecule has 1 aromatic carbocycles. The Bertz CT molecular complexity index is 657. The molecule has 1 amide bonds. The van der Waals surface area contributed by atoms with Crippen LogP contribution in [-0.2, 0) is 11.2 Å². The van der Waals surface area contributed by atoms with E-state index in [2.05, 4.69) is 9.97 Å². The van der Waals surface area contributed by atoms with E-state index < -0.39 is 0 Å². The molecule has 0 aliphatic rings. The third kappa shape index (κ3) is 3.85. The molecule has 0 atom stereocenters. The van der Waals surface area contributed by atoms with Gasteiger partial charge in [0.05, 0.1) is 20.6 Å². The molecular weight excluding hydrogens is 306 g/mol. The maximum Gasteiger partial charge on any atom is 0.232 e. The molecule has 1 heterocycles. The van der Waals surface area contributed by atoms with Crippen LogP contribution in [0.15, 0.2) is 30.6 Å². The van der Waals surface area contributed by atoms with Crippen LogP contribution >= 0.6 is 11.6 Å². The molecule has 0 unspecified atom stereocenters. The fourth-order valence-corrected chi connectivity index (χ4v) is 2.04. The lowest BCUT2D eigenvalue weighted by Gasteiger charge is -2.16. The summed E-state index contributed by atoms with van der Waals surface area (Å²) in [6.07, 6.45) is 1.50. The number of rotatable bonds is 5. The number of amides is 1. The molecule has 0 saturated carbocycles. The van der Waals surface area contributed by atoms with E-state index in [1.165, 1.54) is 17.3 Å². The number of halogens is 1. The van der Waals surface area contributed by atoms with Gasteiger partial charge in [0.15, 0.2) is 0 Å².